The van der Waals surface area contributed by atoms with E-state index in [4.69, 9.17) is 11.5 Å². The van der Waals surface area contributed by atoms with E-state index in [0.29, 0.717) is 23.3 Å². The molecule has 0 aliphatic rings. The molecule has 0 atom stereocenters. The number of benzene rings is 1. The summed E-state index contributed by atoms with van der Waals surface area (Å²) in [5.74, 6) is 0.845. The first-order valence-corrected chi connectivity index (χ1v) is 8.61. The van der Waals surface area contributed by atoms with Crippen LogP contribution in [0.3, 0.4) is 0 Å². The largest absolute Gasteiger partial charge is 0.383 e. The molecule has 1 amide bonds. The molecule has 0 saturated carbocycles. The summed E-state index contributed by atoms with van der Waals surface area (Å²) in [6.07, 6.45) is 0. The lowest BCUT2D eigenvalue weighted by atomic mass is 10.0. The van der Waals surface area contributed by atoms with Crippen LogP contribution in [0.4, 0.5) is 11.6 Å². The summed E-state index contributed by atoms with van der Waals surface area (Å²) in [7, 11) is 0. The second-order valence-electron chi connectivity index (χ2n) is 6.43. The number of hydrogen-bond acceptors (Lipinski definition) is 6. The Morgan fingerprint density at radius 2 is 1.71 bits per heavy atom. The molecule has 0 aliphatic carbocycles. The van der Waals surface area contributed by atoms with Gasteiger partial charge in [-0.25, -0.2) is 9.97 Å². The third-order valence-corrected chi connectivity index (χ3v) is 4.20. The highest BCUT2D eigenvalue weighted by atomic mass is 32.2. The second-order valence-corrected chi connectivity index (χ2v) is 7.37. The normalized spacial score (nSPS) is 11.3. The molecule has 0 aliphatic heterocycles. The predicted molar refractivity (Wildman–Crippen MR) is 98.3 cm³/mol. The van der Waals surface area contributed by atoms with E-state index >= 15 is 0 Å². The maximum Gasteiger partial charge on any atom is 0.233 e. The van der Waals surface area contributed by atoms with Crippen LogP contribution in [-0.2, 0) is 11.3 Å². The number of hydrogen-bond donors (Lipinski definition) is 2. The summed E-state index contributed by atoms with van der Waals surface area (Å²) in [5, 5.41) is 0.412. The van der Waals surface area contributed by atoms with Crippen molar-refractivity contribution in [3.05, 3.63) is 42.0 Å². The molecular weight excluding hydrogens is 322 g/mol. The van der Waals surface area contributed by atoms with Gasteiger partial charge in [0, 0.05) is 18.2 Å². The molecule has 4 N–H and O–H groups in total. The zero-order valence-electron chi connectivity index (χ0n) is 14.2. The number of carbonyl (C=O) groups excluding carboxylic acids is 1. The fourth-order valence-corrected chi connectivity index (χ4v) is 2.94. The highest BCUT2D eigenvalue weighted by molar-refractivity contribution is 7.99. The first-order chi connectivity index (χ1) is 11.3. The van der Waals surface area contributed by atoms with Crippen LogP contribution < -0.4 is 11.5 Å². The monoisotopic (exact) mass is 345 g/mol. The number of anilines is 2. The molecule has 0 fully saturated rings. The molecule has 1 aromatic heterocycles. The van der Waals surface area contributed by atoms with E-state index in [-0.39, 0.29) is 17.2 Å². The first-order valence-electron chi connectivity index (χ1n) is 7.63. The smallest absolute Gasteiger partial charge is 0.233 e. The van der Waals surface area contributed by atoms with E-state index in [1.165, 1.54) is 17.8 Å². The molecule has 1 aromatic carbocycles. The van der Waals surface area contributed by atoms with Gasteiger partial charge < -0.3 is 16.4 Å². The number of amides is 1. The molecule has 24 heavy (non-hydrogen) atoms. The number of thioether (sulfide) groups is 1. The molecule has 0 spiro atoms. The second kappa shape index (κ2) is 7.53. The third kappa shape index (κ3) is 5.13. The number of aromatic nitrogens is 2. The highest BCUT2D eigenvalue weighted by Crippen LogP contribution is 2.22. The lowest BCUT2D eigenvalue weighted by Gasteiger charge is -2.36. The van der Waals surface area contributed by atoms with Crippen LogP contribution in [0.25, 0.3) is 0 Å². The summed E-state index contributed by atoms with van der Waals surface area (Å²) >= 11 is 1.24. The van der Waals surface area contributed by atoms with Gasteiger partial charge in [-0.3, -0.25) is 4.79 Å². The van der Waals surface area contributed by atoms with Gasteiger partial charge >= 0.3 is 0 Å². The van der Waals surface area contributed by atoms with E-state index in [0.717, 1.165) is 5.56 Å². The number of nitrogens with two attached hydrogens (primary N) is 2. The highest BCUT2D eigenvalue weighted by Gasteiger charge is 2.26. The number of carbonyl (C=O) groups is 1. The maximum absolute atomic E-state index is 12.7. The van der Waals surface area contributed by atoms with Gasteiger partial charge in [0.05, 0.1) is 5.75 Å². The topological polar surface area (TPSA) is 98.1 Å². The van der Waals surface area contributed by atoms with E-state index in [1.54, 1.807) is 0 Å². The van der Waals surface area contributed by atoms with Gasteiger partial charge in [0.25, 0.3) is 0 Å². The fourth-order valence-electron chi connectivity index (χ4n) is 2.20. The molecule has 0 bridgehead atoms. The number of rotatable bonds is 5. The maximum atomic E-state index is 12.7. The van der Waals surface area contributed by atoms with Crippen molar-refractivity contribution in [2.75, 3.05) is 17.2 Å². The van der Waals surface area contributed by atoms with Gasteiger partial charge in [-0.15, -0.1) is 0 Å². The lowest BCUT2D eigenvalue weighted by molar-refractivity contribution is -0.133. The molecule has 128 valence electrons. The zero-order chi connectivity index (χ0) is 17.7. The Kier molecular flexibility index (Phi) is 5.66. The molecule has 0 unspecified atom stereocenters. The first kappa shape index (κ1) is 18.1. The van der Waals surface area contributed by atoms with E-state index in [2.05, 4.69) is 9.97 Å². The summed E-state index contributed by atoms with van der Waals surface area (Å²) in [6, 6.07) is 11.4. The molecule has 2 aromatic rings. The van der Waals surface area contributed by atoms with Gasteiger partial charge in [0.2, 0.25) is 5.91 Å². The van der Waals surface area contributed by atoms with Crippen LogP contribution in [0.2, 0.25) is 0 Å². The average molecular weight is 345 g/mol. The minimum atomic E-state index is -0.289. The van der Waals surface area contributed by atoms with Crippen molar-refractivity contribution in [1.29, 1.82) is 0 Å². The van der Waals surface area contributed by atoms with E-state index in [1.807, 2.05) is 56.0 Å². The molecule has 0 saturated heterocycles. The van der Waals surface area contributed by atoms with Crippen LogP contribution in [0, 0.1) is 0 Å². The standard InChI is InChI=1S/C17H23N5OS/c1-17(2,3)22(10-12-7-5-4-6-8-12)15(23)11-24-16-20-13(18)9-14(19)21-16/h4-9H,10-11H2,1-3H3,(H4,18,19,20,21). The molecule has 6 nitrogen and oxygen atoms in total. The van der Waals surface area contributed by atoms with Gasteiger partial charge in [-0.2, -0.15) is 0 Å². The van der Waals surface area contributed by atoms with Crippen molar-refractivity contribution in [1.82, 2.24) is 14.9 Å². The minimum absolute atomic E-state index is 0.0148. The molecule has 0 radical (unpaired) electrons. The number of nitrogen functional groups attached to an aromatic ring is 2. The molecule has 1 heterocycles. The SMILES string of the molecule is CC(C)(C)N(Cc1ccccc1)C(=O)CSc1nc(N)cc(N)n1. The lowest BCUT2D eigenvalue weighted by Crippen LogP contribution is -2.45. The van der Waals surface area contributed by atoms with Crippen LogP contribution in [0.5, 0.6) is 0 Å². The Morgan fingerprint density at radius 3 is 2.25 bits per heavy atom. The Hall–Kier alpha value is -2.28. The van der Waals surface area contributed by atoms with Crippen molar-refractivity contribution < 1.29 is 4.79 Å². The van der Waals surface area contributed by atoms with Crippen molar-refractivity contribution in [3.8, 4) is 0 Å². The Bertz CT molecular complexity index is 680. The van der Waals surface area contributed by atoms with Crippen LogP contribution in [0.1, 0.15) is 26.3 Å². The quantitative estimate of drug-likeness (QED) is 0.638. The van der Waals surface area contributed by atoms with E-state index in [9.17, 15) is 4.79 Å². The molecule has 2 rings (SSSR count). The van der Waals surface area contributed by atoms with Crippen LogP contribution in [-0.4, -0.2) is 32.1 Å². The van der Waals surface area contributed by atoms with Crippen molar-refractivity contribution in [2.24, 2.45) is 0 Å². The summed E-state index contributed by atoms with van der Waals surface area (Å²) < 4.78 is 0. The van der Waals surface area contributed by atoms with Crippen LogP contribution >= 0.6 is 11.8 Å². The average Bonchev–Trinajstić information content (AvgIpc) is 2.49. The number of nitrogens with zero attached hydrogens (tertiary/aromatic N) is 3. The van der Waals surface area contributed by atoms with Gasteiger partial charge in [0.15, 0.2) is 5.16 Å². The van der Waals surface area contributed by atoms with Gasteiger partial charge in [-0.1, -0.05) is 42.1 Å². The van der Waals surface area contributed by atoms with Crippen molar-refractivity contribution in [2.45, 2.75) is 38.0 Å². The minimum Gasteiger partial charge on any atom is -0.383 e. The Balaban J connectivity index is 2.08. The van der Waals surface area contributed by atoms with E-state index < -0.39 is 0 Å². The fraction of sp³-hybridized carbons (Fsp3) is 0.353. The van der Waals surface area contributed by atoms with Gasteiger partial charge in [0.1, 0.15) is 11.6 Å². The third-order valence-electron chi connectivity index (χ3n) is 3.36. The van der Waals surface area contributed by atoms with Crippen LogP contribution in [0.15, 0.2) is 41.6 Å². The Labute approximate surface area is 146 Å². The predicted octanol–water partition coefficient (Wildman–Crippen LogP) is 2.56. The summed E-state index contributed by atoms with van der Waals surface area (Å²) in [4.78, 5) is 22.8. The Morgan fingerprint density at radius 1 is 1.12 bits per heavy atom. The molecular formula is C17H23N5OS. The van der Waals surface area contributed by atoms with Gasteiger partial charge in [-0.05, 0) is 26.3 Å². The van der Waals surface area contributed by atoms with Crippen molar-refractivity contribution in [3.63, 3.8) is 0 Å². The molecule has 7 heteroatoms. The van der Waals surface area contributed by atoms with Crippen molar-refractivity contribution >= 4 is 29.3 Å². The summed E-state index contributed by atoms with van der Waals surface area (Å²) in [6.45, 7) is 6.62. The summed E-state index contributed by atoms with van der Waals surface area (Å²) in [5.41, 5.74) is 12.1. The zero-order valence-corrected chi connectivity index (χ0v) is 15.0.